The monoisotopic (exact) mass is 175 g/mol. The van der Waals surface area contributed by atoms with Gasteiger partial charge in [0.05, 0.1) is 12.2 Å². The average Bonchev–Trinajstić information content (AvgIpc) is 1.96. The molecule has 2 N–H and O–H groups in total. The number of aliphatic hydroxyl groups is 2. The third kappa shape index (κ3) is 7.98. The van der Waals surface area contributed by atoms with Crippen LogP contribution in [0.1, 0.15) is 26.7 Å². The van der Waals surface area contributed by atoms with Crippen LogP contribution in [-0.4, -0.2) is 47.5 Å². The predicted molar refractivity (Wildman–Crippen MR) is 50.1 cm³/mol. The van der Waals surface area contributed by atoms with E-state index in [9.17, 15) is 0 Å². The van der Waals surface area contributed by atoms with E-state index in [1.54, 1.807) is 13.8 Å². The van der Waals surface area contributed by atoms with Crippen molar-refractivity contribution < 1.29 is 10.2 Å². The van der Waals surface area contributed by atoms with Gasteiger partial charge in [0.1, 0.15) is 0 Å². The number of nitrogens with zero attached hydrogens (tertiary/aromatic N) is 1. The van der Waals surface area contributed by atoms with E-state index in [4.69, 9.17) is 10.2 Å². The second-order valence-electron chi connectivity index (χ2n) is 3.58. The Labute approximate surface area is 75.0 Å². The minimum atomic E-state index is -0.223. The van der Waals surface area contributed by atoms with E-state index in [-0.39, 0.29) is 12.2 Å². The van der Waals surface area contributed by atoms with Crippen LogP contribution < -0.4 is 0 Å². The molecule has 3 heteroatoms. The first kappa shape index (κ1) is 11.9. The molecule has 0 fully saturated rings. The van der Waals surface area contributed by atoms with Gasteiger partial charge in [0.25, 0.3) is 0 Å². The van der Waals surface area contributed by atoms with Crippen LogP contribution in [-0.2, 0) is 0 Å². The van der Waals surface area contributed by atoms with Gasteiger partial charge in [-0.05, 0) is 33.7 Å². The van der Waals surface area contributed by atoms with Crippen LogP contribution in [0.2, 0.25) is 0 Å². The van der Waals surface area contributed by atoms with Gasteiger partial charge < -0.3 is 15.1 Å². The maximum Gasteiger partial charge on any atom is 0.0524 e. The fourth-order valence-electron chi connectivity index (χ4n) is 0.926. The van der Waals surface area contributed by atoms with Crippen molar-refractivity contribution in [2.24, 2.45) is 0 Å². The molecule has 0 saturated heterocycles. The highest BCUT2D eigenvalue weighted by Gasteiger charge is 2.02. The number of hydrogen-bond acceptors (Lipinski definition) is 3. The summed E-state index contributed by atoms with van der Waals surface area (Å²) in [5.41, 5.74) is 0. The van der Waals surface area contributed by atoms with E-state index in [0.29, 0.717) is 0 Å². The zero-order valence-electron chi connectivity index (χ0n) is 8.32. The van der Waals surface area contributed by atoms with Gasteiger partial charge in [-0.15, -0.1) is 0 Å². The maximum atomic E-state index is 9.00. The van der Waals surface area contributed by atoms with E-state index >= 15 is 0 Å². The molecule has 0 amide bonds. The lowest BCUT2D eigenvalue weighted by Gasteiger charge is -2.17. The van der Waals surface area contributed by atoms with Gasteiger partial charge in [-0.3, -0.25) is 0 Å². The molecule has 0 spiro atoms. The molecule has 2 unspecified atom stereocenters. The standard InChI is InChI=1S/C9H21NO2/c1-8(11)4-6-10(3)7-5-9(2)12/h8-9,11-12H,4-7H2,1-3H3. The Balaban J connectivity index is 3.27. The summed E-state index contributed by atoms with van der Waals surface area (Å²) in [5, 5.41) is 18.0. The highest BCUT2D eigenvalue weighted by molar-refractivity contribution is 4.57. The summed E-state index contributed by atoms with van der Waals surface area (Å²) < 4.78 is 0. The second kappa shape index (κ2) is 6.40. The van der Waals surface area contributed by atoms with Crippen molar-refractivity contribution >= 4 is 0 Å². The molecule has 0 bridgehead atoms. The lowest BCUT2D eigenvalue weighted by Crippen LogP contribution is -2.25. The van der Waals surface area contributed by atoms with Gasteiger partial charge in [0.15, 0.2) is 0 Å². The van der Waals surface area contributed by atoms with Crippen LogP contribution >= 0.6 is 0 Å². The molecule has 2 atom stereocenters. The zero-order chi connectivity index (χ0) is 9.56. The van der Waals surface area contributed by atoms with E-state index in [0.717, 1.165) is 25.9 Å². The molecule has 0 rings (SSSR count). The normalized spacial score (nSPS) is 16.5. The lowest BCUT2D eigenvalue weighted by molar-refractivity contribution is 0.144. The number of aliphatic hydroxyl groups excluding tert-OH is 2. The molecule has 0 heterocycles. The summed E-state index contributed by atoms with van der Waals surface area (Å²) in [6.07, 6.45) is 1.16. The van der Waals surface area contributed by atoms with Crippen LogP contribution in [0.4, 0.5) is 0 Å². The van der Waals surface area contributed by atoms with Crippen molar-refractivity contribution in [2.45, 2.75) is 38.9 Å². The number of rotatable bonds is 6. The minimum Gasteiger partial charge on any atom is -0.393 e. The van der Waals surface area contributed by atoms with E-state index in [1.165, 1.54) is 0 Å². The first-order valence-electron chi connectivity index (χ1n) is 4.57. The topological polar surface area (TPSA) is 43.7 Å². The Morgan fingerprint density at radius 1 is 1.00 bits per heavy atom. The quantitative estimate of drug-likeness (QED) is 0.616. The summed E-state index contributed by atoms with van der Waals surface area (Å²) in [7, 11) is 2.00. The Morgan fingerprint density at radius 3 is 1.58 bits per heavy atom. The molecule has 0 aliphatic heterocycles. The third-order valence-corrected chi connectivity index (χ3v) is 1.86. The molecule has 0 saturated carbocycles. The van der Waals surface area contributed by atoms with Crippen molar-refractivity contribution in [3.63, 3.8) is 0 Å². The molecule has 74 valence electrons. The van der Waals surface area contributed by atoms with Crippen LogP contribution in [0.25, 0.3) is 0 Å². The van der Waals surface area contributed by atoms with Crippen LogP contribution in [0, 0.1) is 0 Å². The Bertz CT molecular complexity index is 92.7. The van der Waals surface area contributed by atoms with Gasteiger partial charge in [-0.2, -0.15) is 0 Å². The van der Waals surface area contributed by atoms with Gasteiger partial charge in [-0.25, -0.2) is 0 Å². The van der Waals surface area contributed by atoms with E-state index < -0.39 is 0 Å². The molecule has 3 nitrogen and oxygen atoms in total. The van der Waals surface area contributed by atoms with E-state index in [2.05, 4.69) is 4.90 Å². The largest absolute Gasteiger partial charge is 0.393 e. The smallest absolute Gasteiger partial charge is 0.0524 e. The van der Waals surface area contributed by atoms with Crippen LogP contribution in [0.3, 0.4) is 0 Å². The van der Waals surface area contributed by atoms with Gasteiger partial charge in [-0.1, -0.05) is 0 Å². The Kier molecular flexibility index (Phi) is 6.34. The lowest BCUT2D eigenvalue weighted by atomic mass is 10.2. The molecule has 0 aromatic rings. The van der Waals surface area contributed by atoms with Crippen molar-refractivity contribution in [2.75, 3.05) is 20.1 Å². The fourth-order valence-corrected chi connectivity index (χ4v) is 0.926. The van der Waals surface area contributed by atoms with Gasteiger partial charge in [0, 0.05) is 13.1 Å². The van der Waals surface area contributed by atoms with Crippen LogP contribution in [0.15, 0.2) is 0 Å². The molecular weight excluding hydrogens is 154 g/mol. The van der Waals surface area contributed by atoms with Crippen molar-refractivity contribution in [1.82, 2.24) is 4.90 Å². The predicted octanol–water partition coefficient (Wildman–Crippen LogP) is 0.460. The molecule has 12 heavy (non-hydrogen) atoms. The van der Waals surface area contributed by atoms with Crippen molar-refractivity contribution in [1.29, 1.82) is 0 Å². The zero-order valence-corrected chi connectivity index (χ0v) is 8.32. The molecule has 0 aromatic heterocycles. The Hall–Kier alpha value is -0.120. The molecule has 0 aromatic carbocycles. The van der Waals surface area contributed by atoms with Crippen molar-refractivity contribution in [3.8, 4) is 0 Å². The third-order valence-electron chi connectivity index (χ3n) is 1.86. The molecule has 0 aliphatic carbocycles. The summed E-state index contributed by atoms with van der Waals surface area (Å²) >= 11 is 0. The molecule has 0 radical (unpaired) electrons. The average molecular weight is 175 g/mol. The van der Waals surface area contributed by atoms with Gasteiger partial charge >= 0.3 is 0 Å². The van der Waals surface area contributed by atoms with Crippen molar-refractivity contribution in [3.05, 3.63) is 0 Å². The minimum absolute atomic E-state index is 0.223. The van der Waals surface area contributed by atoms with Crippen LogP contribution in [0.5, 0.6) is 0 Å². The number of hydrogen-bond donors (Lipinski definition) is 2. The first-order valence-corrected chi connectivity index (χ1v) is 4.57. The molecular formula is C9H21NO2. The summed E-state index contributed by atoms with van der Waals surface area (Å²) in [4.78, 5) is 2.12. The molecule has 0 aliphatic rings. The first-order chi connectivity index (χ1) is 5.52. The summed E-state index contributed by atoms with van der Waals surface area (Å²) in [6, 6.07) is 0. The summed E-state index contributed by atoms with van der Waals surface area (Å²) in [6.45, 7) is 5.37. The second-order valence-corrected chi connectivity index (χ2v) is 3.58. The van der Waals surface area contributed by atoms with Gasteiger partial charge in [0.2, 0.25) is 0 Å². The maximum absolute atomic E-state index is 9.00. The Morgan fingerprint density at radius 2 is 1.33 bits per heavy atom. The highest BCUT2D eigenvalue weighted by Crippen LogP contribution is 1.96. The summed E-state index contributed by atoms with van der Waals surface area (Å²) in [5.74, 6) is 0. The SMILES string of the molecule is CC(O)CCN(C)CCC(C)O. The fraction of sp³-hybridized carbons (Fsp3) is 1.00. The highest BCUT2D eigenvalue weighted by atomic mass is 16.3. The van der Waals surface area contributed by atoms with E-state index in [1.807, 2.05) is 7.05 Å².